The summed E-state index contributed by atoms with van der Waals surface area (Å²) in [6, 6.07) is 15.4. The highest BCUT2D eigenvalue weighted by Crippen LogP contribution is 2.58. The molecular formula is C29H35N3O6. The molecule has 202 valence electrons. The Morgan fingerprint density at radius 1 is 1.00 bits per heavy atom. The Morgan fingerprint density at radius 2 is 1.68 bits per heavy atom. The maximum Gasteiger partial charge on any atom is 0.250 e. The number of anilines is 2. The quantitative estimate of drug-likeness (QED) is 0.391. The maximum atomic E-state index is 13.9. The lowest BCUT2D eigenvalue weighted by Gasteiger charge is -2.33. The van der Waals surface area contributed by atoms with Crippen molar-refractivity contribution in [2.75, 3.05) is 30.9 Å². The van der Waals surface area contributed by atoms with Crippen LogP contribution in [0.1, 0.15) is 38.5 Å². The zero-order valence-electron chi connectivity index (χ0n) is 21.6. The van der Waals surface area contributed by atoms with Crippen LogP contribution in [-0.4, -0.2) is 65.7 Å². The molecular weight excluding hydrogens is 486 g/mol. The molecule has 3 heterocycles. The van der Waals surface area contributed by atoms with Gasteiger partial charge in [0.05, 0.1) is 25.0 Å². The van der Waals surface area contributed by atoms with E-state index in [-0.39, 0.29) is 24.3 Å². The van der Waals surface area contributed by atoms with Crippen molar-refractivity contribution in [1.29, 1.82) is 0 Å². The molecule has 3 saturated heterocycles. The summed E-state index contributed by atoms with van der Waals surface area (Å²) in [4.78, 5) is 42.8. The monoisotopic (exact) mass is 521 g/mol. The van der Waals surface area contributed by atoms with Gasteiger partial charge in [-0.1, -0.05) is 31.0 Å². The fraction of sp³-hybridized carbons (Fsp3) is 0.483. The lowest BCUT2D eigenvalue weighted by atomic mass is 9.70. The second kappa shape index (κ2) is 11.1. The minimum atomic E-state index is -1.04. The van der Waals surface area contributed by atoms with Crippen molar-refractivity contribution in [1.82, 2.24) is 4.90 Å². The van der Waals surface area contributed by atoms with E-state index in [0.717, 1.165) is 12.8 Å². The average Bonchev–Trinajstić information content (AvgIpc) is 3.57. The fourth-order valence-corrected chi connectivity index (χ4v) is 6.37. The molecule has 0 aliphatic carbocycles. The first kappa shape index (κ1) is 26.2. The van der Waals surface area contributed by atoms with E-state index in [1.165, 1.54) is 0 Å². The topological polar surface area (TPSA) is 117 Å². The molecule has 1 spiro atoms. The van der Waals surface area contributed by atoms with Crippen molar-refractivity contribution in [3.63, 3.8) is 0 Å². The molecule has 0 aromatic heterocycles. The molecule has 3 aliphatic rings. The van der Waals surface area contributed by atoms with E-state index in [4.69, 9.17) is 14.6 Å². The number of hydrogen-bond acceptors (Lipinski definition) is 6. The highest BCUT2D eigenvalue weighted by molar-refractivity contribution is 6.05. The molecule has 9 nitrogen and oxygen atoms in total. The zero-order chi connectivity index (χ0) is 26.7. The minimum Gasteiger partial charge on any atom is -0.497 e. The molecule has 2 unspecified atom stereocenters. The van der Waals surface area contributed by atoms with Crippen LogP contribution in [-0.2, 0) is 19.1 Å². The van der Waals surface area contributed by atoms with Gasteiger partial charge >= 0.3 is 0 Å². The summed E-state index contributed by atoms with van der Waals surface area (Å²) < 4.78 is 11.7. The molecule has 0 saturated carbocycles. The van der Waals surface area contributed by atoms with Crippen molar-refractivity contribution >= 4 is 29.1 Å². The van der Waals surface area contributed by atoms with Gasteiger partial charge in [0.1, 0.15) is 17.4 Å². The van der Waals surface area contributed by atoms with Crippen LogP contribution in [0.3, 0.4) is 0 Å². The van der Waals surface area contributed by atoms with Crippen molar-refractivity contribution in [3.05, 3.63) is 54.6 Å². The summed E-state index contributed by atoms with van der Waals surface area (Å²) in [6.45, 7) is 0.526. The molecule has 0 radical (unpaired) electrons. The Kier molecular flexibility index (Phi) is 7.67. The second-order valence-electron chi connectivity index (χ2n) is 10.3. The van der Waals surface area contributed by atoms with Crippen LogP contribution in [0.25, 0.3) is 0 Å². The first-order valence-electron chi connectivity index (χ1n) is 13.4. The summed E-state index contributed by atoms with van der Waals surface area (Å²) in [5.74, 6) is -1.46. The second-order valence-corrected chi connectivity index (χ2v) is 10.3. The molecule has 38 heavy (non-hydrogen) atoms. The highest BCUT2D eigenvalue weighted by Gasteiger charge is 2.74. The normalized spacial score (nSPS) is 27.3. The molecule has 9 heteroatoms. The van der Waals surface area contributed by atoms with Crippen LogP contribution in [0.5, 0.6) is 5.75 Å². The molecule has 5 atom stereocenters. The number of methoxy groups -OCH3 is 1. The zero-order valence-corrected chi connectivity index (χ0v) is 21.6. The van der Waals surface area contributed by atoms with Crippen LogP contribution in [0.2, 0.25) is 0 Å². The SMILES string of the molecule is COc1ccc(NC(=O)C2N(CCCCCCO)C(=O)[C@@H]3[C@@H](C(=O)Nc4ccccc4)[C@H]4CCC23O4)cc1. The first-order valence-corrected chi connectivity index (χ1v) is 13.4. The number of likely N-dealkylation sites (tertiary alicyclic amines) is 1. The molecule has 5 rings (SSSR count). The number of hydrogen-bond donors (Lipinski definition) is 3. The number of para-hydroxylation sites is 1. The Bertz CT molecular complexity index is 1160. The number of aliphatic hydroxyl groups is 1. The third-order valence-electron chi connectivity index (χ3n) is 8.06. The fourth-order valence-electron chi connectivity index (χ4n) is 6.37. The largest absolute Gasteiger partial charge is 0.497 e. The van der Waals surface area contributed by atoms with E-state index in [1.807, 2.05) is 30.3 Å². The number of nitrogens with one attached hydrogen (secondary N) is 2. The molecule has 3 fully saturated rings. The van der Waals surface area contributed by atoms with Crippen molar-refractivity contribution in [3.8, 4) is 5.75 Å². The van der Waals surface area contributed by atoms with Crippen LogP contribution in [0.4, 0.5) is 11.4 Å². The number of unbranched alkanes of at least 4 members (excludes halogenated alkanes) is 3. The van der Waals surface area contributed by atoms with Gasteiger partial charge in [-0.05, 0) is 62.1 Å². The molecule has 2 aromatic carbocycles. The van der Waals surface area contributed by atoms with E-state index in [9.17, 15) is 14.4 Å². The Balaban J connectivity index is 1.40. The number of amides is 3. The number of aliphatic hydroxyl groups excluding tert-OH is 1. The summed E-state index contributed by atoms with van der Waals surface area (Å²) in [6.07, 6.45) is 3.83. The van der Waals surface area contributed by atoms with E-state index in [1.54, 1.807) is 36.3 Å². The van der Waals surface area contributed by atoms with E-state index in [0.29, 0.717) is 49.4 Å². The van der Waals surface area contributed by atoms with Gasteiger partial charge in [0, 0.05) is 24.5 Å². The molecule has 2 aromatic rings. The number of nitrogens with zero attached hydrogens (tertiary/aromatic N) is 1. The van der Waals surface area contributed by atoms with Crippen molar-refractivity contribution < 1.29 is 29.0 Å². The Hall–Kier alpha value is -3.43. The van der Waals surface area contributed by atoms with Crippen molar-refractivity contribution in [2.45, 2.75) is 56.3 Å². The number of carbonyl (C=O) groups is 3. The van der Waals surface area contributed by atoms with Gasteiger partial charge in [0.2, 0.25) is 17.7 Å². The molecule has 2 bridgehead atoms. The van der Waals surface area contributed by atoms with Gasteiger partial charge in [0.15, 0.2) is 0 Å². The van der Waals surface area contributed by atoms with E-state index >= 15 is 0 Å². The number of rotatable bonds is 11. The standard InChI is InChI=1S/C29H35N3O6/c1-37-21-13-11-20(12-14-21)31-27(35)25-29-16-15-22(38-29)23(26(34)30-19-9-5-4-6-10-19)24(29)28(36)32(25)17-7-2-3-8-18-33/h4-6,9-14,22-25,33H,2-3,7-8,15-18H2,1H3,(H,30,34)(H,31,35)/t22-,23+,24+,25?,29?/m1/s1. The maximum absolute atomic E-state index is 13.9. The van der Waals surface area contributed by atoms with Crippen molar-refractivity contribution in [2.24, 2.45) is 11.8 Å². The summed E-state index contributed by atoms with van der Waals surface area (Å²) in [5, 5.41) is 15.0. The summed E-state index contributed by atoms with van der Waals surface area (Å²) >= 11 is 0. The van der Waals surface area contributed by atoms with Gasteiger partial charge in [-0.15, -0.1) is 0 Å². The average molecular weight is 522 g/mol. The van der Waals surface area contributed by atoms with E-state index < -0.39 is 29.6 Å². The van der Waals surface area contributed by atoms with Gasteiger partial charge in [-0.25, -0.2) is 0 Å². The number of carbonyl (C=O) groups excluding carboxylic acids is 3. The molecule has 3 amide bonds. The number of ether oxygens (including phenoxy) is 2. The Labute approximate surface area is 222 Å². The van der Waals surface area contributed by atoms with E-state index in [2.05, 4.69) is 10.6 Å². The molecule has 3 N–H and O–H groups in total. The predicted molar refractivity (Wildman–Crippen MR) is 142 cm³/mol. The van der Waals surface area contributed by atoms with Crippen LogP contribution in [0.15, 0.2) is 54.6 Å². The minimum absolute atomic E-state index is 0.133. The summed E-state index contributed by atoms with van der Waals surface area (Å²) in [5.41, 5.74) is 0.216. The van der Waals surface area contributed by atoms with Crippen LogP contribution in [0, 0.1) is 11.8 Å². The Morgan fingerprint density at radius 3 is 2.39 bits per heavy atom. The number of benzene rings is 2. The summed E-state index contributed by atoms with van der Waals surface area (Å²) in [7, 11) is 1.58. The molecule has 3 aliphatic heterocycles. The lowest BCUT2D eigenvalue weighted by Crippen LogP contribution is -2.53. The third kappa shape index (κ3) is 4.76. The number of fused-ring (bicyclic) bond motifs is 1. The van der Waals surface area contributed by atoms with Gasteiger partial charge in [-0.2, -0.15) is 0 Å². The van der Waals surface area contributed by atoms with Gasteiger partial charge in [-0.3, -0.25) is 14.4 Å². The lowest BCUT2D eigenvalue weighted by molar-refractivity contribution is -0.139. The van der Waals surface area contributed by atoms with Crippen LogP contribution < -0.4 is 15.4 Å². The first-order chi connectivity index (χ1) is 18.5. The smallest absolute Gasteiger partial charge is 0.250 e. The van der Waals surface area contributed by atoms with Gasteiger partial charge in [0.25, 0.3) is 0 Å². The predicted octanol–water partition coefficient (Wildman–Crippen LogP) is 3.20. The van der Waals surface area contributed by atoms with Crippen LogP contribution >= 0.6 is 0 Å². The highest BCUT2D eigenvalue weighted by atomic mass is 16.5. The van der Waals surface area contributed by atoms with Gasteiger partial charge < -0.3 is 30.1 Å². The third-order valence-corrected chi connectivity index (χ3v) is 8.06.